The van der Waals surface area contributed by atoms with Crippen molar-refractivity contribution in [3.8, 4) is 0 Å². The highest BCUT2D eigenvalue weighted by Gasteiger charge is 2.30. The normalized spacial score (nSPS) is 13.7. The van der Waals surface area contributed by atoms with Crippen LogP contribution in [0.5, 0.6) is 0 Å². The molecular weight excluding hydrogens is 494 g/mol. The maximum absolute atomic E-state index is 12.8. The second-order valence-corrected chi connectivity index (χ2v) is 7.84. The number of aliphatic hydroxyl groups excluding tert-OH is 1. The van der Waals surface area contributed by atoms with E-state index in [2.05, 4.69) is 28.8 Å². The molecule has 192 valence electrons. The van der Waals surface area contributed by atoms with Crippen molar-refractivity contribution in [2.24, 2.45) is 0 Å². The second kappa shape index (κ2) is 14.3. The van der Waals surface area contributed by atoms with Gasteiger partial charge in [0.15, 0.2) is 6.61 Å². The molecule has 12 heteroatoms. The lowest BCUT2D eigenvalue weighted by Gasteiger charge is -2.22. The zero-order valence-corrected chi connectivity index (χ0v) is 19.6. The summed E-state index contributed by atoms with van der Waals surface area (Å²) in [6.07, 6.45) is -1.53. The average Bonchev–Trinajstić information content (AvgIpc) is 2.76. The predicted octanol–water partition coefficient (Wildman–Crippen LogP) is 4.05. The summed E-state index contributed by atoms with van der Waals surface area (Å²) in [5.41, 5.74) is -0.365. The van der Waals surface area contributed by atoms with Crippen LogP contribution in [-0.2, 0) is 27.0 Å². The summed E-state index contributed by atoms with van der Waals surface area (Å²) in [6.45, 7) is 7.74. The highest BCUT2D eigenvalue weighted by molar-refractivity contribution is 6.31. The average molecular weight is 520 g/mol. The van der Waals surface area contributed by atoms with Gasteiger partial charge < -0.3 is 20.5 Å². The molecular formula is C23H26ClF4N3O4. The Hall–Kier alpha value is -3.18. The monoisotopic (exact) mass is 519 g/mol. The van der Waals surface area contributed by atoms with Gasteiger partial charge in [-0.15, -0.1) is 0 Å². The van der Waals surface area contributed by atoms with Gasteiger partial charge in [0.05, 0.1) is 47.7 Å². The van der Waals surface area contributed by atoms with Gasteiger partial charge in [0.25, 0.3) is 5.91 Å². The molecule has 3 N–H and O–H groups in total. The van der Waals surface area contributed by atoms with Gasteiger partial charge >= 0.3 is 6.18 Å². The first-order valence-electron chi connectivity index (χ1n) is 10.2. The highest BCUT2D eigenvalue weighted by Crippen LogP contribution is 2.28. The van der Waals surface area contributed by atoms with Gasteiger partial charge in [-0.1, -0.05) is 30.3 Å². The molecule has 35 heavy (non-hydrogen) atoms. The summed E-state index contributed by atoms with van der Waals surface area (Å²) in [5.74, 6) is -1.97. The number of ether oxygens (including phenoxy) is 1. The Bertz CT molecular complexity index is 980. The van der Waals surface area contributed by atoms with E-state index in [4.69, 9.17) is 16.3 Å². The largest absolute Gasteiger partial charge is 0.491 e. The van der Waals surface area contributed by atoms with Crippen LogP contribution < -0.4 is 10.6 Å². The minimum atomic E-state index is -4.53. The number of carbonyl (C=O) groups is 2. The maximum atomic E-state index is 12.8. The first-order chi connectivity index (χ1) is 16.3. The first kappa shape index (κ1) is 29.9. The molecule has 1 heterocycles. The molecule has 0 aliphatic rings. The first-order valence-corrected chi connectivity index (χ1v) is 10.6. The van der Waals surface area contributed by atoms with Crippen molar-refractivity contribution in [2.45, 2.75) is 44.6 Å². The molecule has 1 rings (SSSR count). The molecule has 2 atom stereocenters. The fourth-order valence-electron chi connectivity index (χ4n) is 2.59. The van der Waals surface area contributed by atoms with Gasteiger partial charge in [-0.2, -0.15) is 13.2 Å². The lowest BCUT2D eigenvalue weighted by Crippen LogP contribution is -2.40. The van der Waals surface area contributed by atoms with Crippen LogP contribution in [0.2, 0.25) is 0 Å². The fraction of sp³-hybridized carbons (Fsp3) is 0.348. The molecule has 0 radical (unpaired) electrons. The molecule has 2 amide bonds. The Labute approximate surface area is 205 Å². The van der Waals surface area contributed by atoms with Gasteiger partial charge in [-0.05, 0) is 37.6 Å². The number of amides is 2. The van der Waals surface area contributed by atoms with Crippen LogP contribution in [0, 0.1) is 0 Å². The molecule has 1 aromatic rings. The third-order valence-electron chi connectivity index (χ3n) is 4.36. The number of aliphatic hydroxyl groups is 1. The van der Waals surface area contributed by atoms with E-state index in [1.807, 2.05) is 0 Å². The Morgan fingerprint density at radius 1 is 1.31 bits per heavy atom. The highest BCUT2D eigenvalue weighted by atomic mass is 35.5. The standard InChI is InChI=1S/C23H26ClF4N3O4/c1-14(2)20(31-22(34)13-35-8-4-5-19(24)15(3)25)10-18(32)11-21(33)30-12-17-9-16(6-7-29-17)23(26,27)28/h4-9,18,20,32H,1,3,10-13H2,2H3,(H,30,33)(H,31,34)/b8-4+,19-5+. The van der Waals surface area contributed by atoms with E-state index in [0.29, 0.717) is 5.57 Å². The quantitative estimate of drug-likeness (QED) is 0.158. The molecule has 0 saturated heterocycles. The number of carbonyl (C=O) groups excluding carboxylic acids is 2. The SMILES string of the molecule is C=C(F)/C(Cl)=C\C=C\OCC(=O)NC(CC(O)CC(=O)NCc1cc(C(F)(F)F)ccn1)C(=C)C. The number of pyridine rings is 1. The Kier molecular flexibility index (Phi) is 12.2. The Morgan fingerprint density at radius 2 is 2.00 bits per heavy atom. The summed E-state index contributed by atoms with van der Waals surface area (Å²) in [7, 11) is 0. The fourth-order valence-corrected chi connectivity index (χ4v) is 2.67. The van der Waals surface area contributed by atoms with E-state index >= 15 is 0 Å². The third kappa shape index (κ3) is 12.2. The zero-order chi connectivity index (χ0) is 26.6. The Balaban J connectivity index is 2.50. The number of allylic oxidation sites excluding steroid dienone is 4. The molecule has 1 aromatic heterocycles. The maximum Gasteiger partial charge on any atom is 0.416 e. The Morgan fingerprint density at radius 3 is 2.60 bits per heavy atom. The van der Waals surface area contributed by atoms with Gasteiger partial charge in [0, 0.05) is 6.20 Å². The van der Waals surface area contributed by atoms with E-state index in [1.165, 1.54) is 12.2 Å². The van der Waals surface area contributed by atoms with Gasteiger partial charge in [-0.25, -0.2) is 4.39 Å². The molecule has 0 aromatic carbocycles. The summed E-state index contributed by atoms with van der Waals surface area (Å²) in [5, 5.41) is 15.0. The summed E-state index contributed by atoms with van der Waals surface area (Å²) < 4.78 is 55.9. The van der Waals surface area contributed by atoms with Crippen molar-refractivity contribution < 1.29 is 37.0 Å². The lowest BCUT2D eigenvalue weighted by molar-refractivity contribution is -0.137. The molecule has 0 saturated carbocycles. The van der Waals surface area contributed by atoms with Crippen molar-refractivity contribution in [1.29, 1.82) is 0 Å². The third-order valence-corrected chi connectivity index (χ3v) is 4.69. The van der Waals surface area contributed by atoms with Crippen molar-refractivity contribution in [1.82, 2.24) is 15.6 Å². The van der Waals surface area contributed by atoms with Crippen LogP contribution in [0.15, 0.2) is 66.3 Å². The van der Waals surface area contributed by atoms with E-state index < -0.39 is 41.5 Å². The van der Waals surface area contributed by atoms with Crippen LogP contribution in [0.1, 0.15) is 31.0 Å². The van der Waals surface area contributed by atoms with Crippen molar-refractivity contribution >= 4 is 23.4 Å². The summed E-state index contributed by atoms with van der Waals surface area (Å²) in [4.78, 5) is 27.9. The number of nitrogens with one attached hydrogen (secondary N) is 2. The number of alkyl halides is 3. The number of nitrogens with zero attached hydrogens (tertiary/aromatic N) is 1. The molecule has 7 nitrogen and oxygen atoms in total. The van der Waals surface area contributed by atoms with Gasteiger partial charge in [0.2, 0.25) is 5.91 Å². The second-order valence-electron chi connectivity index (χ2n) is 7.43. The molecule has 0 aliphatic carbocycles. The lowest BCUT2D eigenvalue weighted by atomic mass is 10.0. The van der Waals surface area contributed by atoms with Crippen LogP contribution in [0.25, 0.3) is 0 Å². The summed E-state index contributed by atoms with van der Waals surface area (Å²) >= 11 is 5.51. The molecule has 0 fully saturated rings. The number of aromatic nitrogens is 1. The van der Waals surface area contributed by atoms with Crippen LogP contribution in [-0.4, -0.2) is 40.7 Å². The van der Waals surface area contributed by atoms with E-state index in [9.17, 15) is 32.3 Å². The number of rotatable bonds is 13. The molecule has 0 bridgehead atoms. The number of hydrogen-bond acceptors (Lipinski definition) is 5. The summed E-state index contributed by atoms with van der Waals surface area (Å²) in [6, 6.07) is 0.967. The van der Waals surface area contributed by atoms with E-state index in [1.54, 1.807) is 6.92 Å². The molecule has 2 unspecified atom stereocenters. The topological polar surface area (TPSA) is 101 Å². The number of halogens is 5. The zero-order valence-electron chi connectivity index (χ0n) is 18.9. The molecule has 0 aliphatic heterocycles. The van der Waals surface area contributed by atoms with E-state index in [0.717, 1.165) is 24.6 Å². The molecule has 0 spiro atoms. The van der Waals surface area contributed by atoms with Crippen molar-refractivity contribution in [3.05, 3.63) is 77.6 Å². The van der Waals surface area contributed by atoms with Crippen molar-refractivity contribution in [3.63, 3.8) is 0 Å². The van der Waals surface area contributed by atoms with Crippen LogP contribution in [0.4, 0.5) is 17.6 Å². The predicted molar refractivity (Wildman–Crippen MR) is 122 cm³/mol. The van der Waals surface area contributed by atoms with Gasteiger partial charge in [0.1, 0.15) is 5.83 Å². The minimum absolute atomic E-state index is 0.0104. The van der Waals surface area contributed by atoms with Gasteiger partial charge in [-0.3, -0.25) is 14.6 Å². The van der Waals surface area contributed by atoms with Crippen molar-refractivity contribution in [2.75, 3.05) is 6.61 Å². The smallest absolute Gasteiger partial charge is 0.416 e. The van der Waals surface area contributed by atoms with Crippen LogP contribution in [0.3, 0.4) is 0 Å². The van der Waals surface area contributed by atoms with Crippen LogP contribution >= 0.6 is 11.6 Å². The van der Waals surface area contributed by atoms with E-state index in [-0.39, 0.29) is 36.7 Å². The number of hydrogen-bond donors (Lipinski definition) is 3. The minimum Gasteiger partial charge on any atom is -0.491 e.